The predicted molar refractivity (Wildman–Crippen MR) is 77.3 cm³/mol. The average molecular weight is 283 g/mol. The number of hydrogen-bond donors (Lipinski definition) is 3. The Labute approximate surface area is 118 Å². The zero-order valence-corrected chi connectivity index (χ0v) is 12.1. The number of hydrogen-bond acceptors (Lipinski definition) is 3. The summed E-state index contributed by atoms with van der Waals surface area (Å²) in [5, 5.41) is 14.2. The molecule has 0 fully saturated rings. The molecule has 1 aromatic rings. The van der Waals surface area contributed by atoms with Crippen LogP contribution in [0.2, 0.25) is 0 Å². The number of anilines is 1. The smallest absolute Gasteiger partial charge is 0.315 e. The number of carbonyl (C=O) groups is 1. The highest BCUT2D eigenvalue weighted by atomic mass is 19.1. The van der Waals surface area contributed by atoms with E-state index in [1.807, 2.05) is 6.92 Å². The molecule has 6 heteroatoms. The van der Waals surface area contributed by atoms with Crippen molar-refractivity contribution in [2.75, 3.05) is 25.6 Å². The van der Waals surface area contributed by atoms with Gasteiger partial charge in [0.25, 0.3) is 0 Å². The Morgan fingerprint density at radius 3 is 2.65 bits per heavy atom. The second-order valence-corrected chi connectivity index (χ2v) is 4.79. The Balaban J connectivity index is 2.53. The van der Waals surface area contributed by atoms with Crippen LogP contribution in [0, 0.1) is 5.82 Å². The third-order valence-electron chi connectivity index (χ3n) is 3.00. The van der Waals surface area contributed by atoms with E-state index in [2.05, 4.69) is 10.6 Å². The van der Waals surface area contributed by atoms with E-state index in [0.717, 1.165) is 0 Å². The average Bonchev–Trinajstić information content (AvgIpc) is 2.42. The van der Waals surface area contributed by atoms with Gasteiger partial charge in [0.15, 0.2) is 0 Å². The van der Waals surface area contributed by atoms with E-state index in [4.69, 9.17) is 5.11 Å². The zero-order valence-electron chi connectivity index (χ0n) is 12.1. The second-order valence-electron chi connectivity index (χ2n) is 4.79. The molecule has 0 saturated heterocycles. The van der Waals surface area contributed by atoms with Crippen LogP contribution < -0.4 is 15.5 Å². The van der Waals surface area contributed by atoms with Crippen LogP contribution in [0.25, 0.3) is 0 Å². The number of nitrogens with one attached hydrogen (secondary N) is 2. The first-order valence-corrected chi connectivity index (χ1v) is 6.58. The molecule has 112 valence electrons. The topological polar surface area (TPSA) is 64.6 Å². The lowest BCUT2D eigenvalue weighted by atomic mass is 10.2. The fourth-order valence-electron chi connectivity index (χ4n) is 1.72. The molecule has 20 heavy (non-hydrogen) atoms. The van der Waals surface area contributed by atoms with Crippen LogP contribution in [0.1, 0.15) is 18.9 Å². The summed E-state index contributed by atoms with van der Waals surface area (Å²) in [5.74, 6) is -0.323. The van der Waals surface area contributed by atoms with Crippen LogP contribution in [0.5, 0.6) is 0 Å². The Kier molecular flexibility index (Phi) is 6.24. The van der Waals surface area contributed by atoms with Gasteiger partial charge in [-0.1, -0.05) is 13.0 Å². The van der Waals surface area contributed by atoms with Crippen LogP contribution in [0.15, 0.2) is 18.2 Å². The first kappa shape index (κ1) is 16.2. The third-order valence-corrected chi connectivity index (χ3v) is 3.00. The lowest BCUT2D eigenvalue weighted by Crippen LogP contribution is -2.43. The fraction of sp³-hybridized carbons (Fsp3) is 0.500. The van der Waals surface area contributed by atoms with Crippen molar-refractivity contribution in [1.29, 1.82) is 0 Å². The molecule has 5 nitrogen and oxygen atoms in total. The molecule has 0 bridgehead atoms. The van der Waals surface area contributed by atoms with Gasteiger partial charge < -0.3 is 20.6 Å². The number of benzene rings is 1. The number of halogens is 1. The van der Waals surface area contributed by atoms with E-state index in [1.54, 1.807) is 31.1 Å². The summed E-state index contributed by atoms with van der Waals surface area (Å²) >= 11 is 0. The van der Waals surface area contributed by atoms with Crippen molar-refractivity contribution in [3.63, 3.8) is 0 Å². The largest absolute Gasteiger partial charge is 0.394 e. The van der Waals surface area contributed by atoms with Crippen molar-refractivity contribution in [3.8, 4) is 0 Å². The Morgan fingerprint density at radius 2 is 2.15 bits per heavy atom. The van der Waals surface area contributed by atoms with E-state index < -0.39 is 0 Å². The number of aliphatic hydroxyl groups excluding tert-OH is 1. The standard InChI is InChI=1S/C14H22FN3O2/c1-4-11(9-19)17-14(20)16-8-10-5-6-13(18(2)3)12(15)7-10/h5-7,11,19H,4,8-9H2,1-3H3,(H2,16,17,20). The van der Waals surface area contributed by atoms with Gasteiger partial charge >= 0.3 is 6.03 Å². The van der Waals surface area contributed by atoms with Crippen LogP contribution in [0.4, 0.5) is 14.9 Å². The van der Waals surface area contributed by atoms with Gasteiger partial charge in [-0.25, -0.2) is 9.18 Å². The molecule has 0 radical (unpaired) electrons. The van der Waals surface area contributed by atoms with Crippen molar-refractivity contribution < 1.29 is 14.3 Å². The predicted octanol–water partition coefficient (Wildman–Crippen LogP) is 1.46. The molecular weight excluding hydrogens is 261 g/mol. The highest BCUT2D eigenvalue weighted by Crippen LogP contribution is 2.18. The minimum Gasteiger partial charge on any atom is -0.394 e. The van der Waals surface area contributed by atoms with Gasteiger partial charge in [-0.2, -0.15) is 0 Å². The quantitative estimate of drug-likeness (QED) is 0.740. The van der Waals surface area contributed by atoms with E-state index in [-0.39, 0.29) is 31.0 Å². The summed E-state index contributed by atoms with van der Waals surface area (Å²) in [5.41, 5.74) is 1.19. The SMILES string of the molecule is CCC(CO)NC(=O)NCc1ccc(N(C)C)c(F)c1. The van der Waals surface area contributed by atoms with Gasteiger partial charge in [0.1, 0.15) is 5.82 Å². The molecule has 0 aliphatic carbocycles. The van der Waals surface area contributed by atoms with E-state index >= 15 is 0 Å². The summed E-state index contributed by atoms with van der Waals surface area (Å²) in [7, 11) is 3.53. The fourth-order valence-corrected chi connectivity index (χ4v) is 1.72. The molecule has 0 aromatic heterocycles. The second kappa shape index (κ2) is 7.69. The highest BCUT2D eigenvalue weighted by molar-refractivity contribution is 5.74. The number of rotatable bonds is 6. The van der Waals surface area contributed by atoms with E-state index in [9.17, 15) is 9.18 Å². The molecule has 1 unspecified atom stereocenters. The zero-order chi connectivity index (χ0) is 15.1. The summed E-state index contributed by atoms with van der Waals surface area (Å²) in [4.78, 5) is 13.3. The van der Waals surface area contributed by atoms with E-state index in [1.165, 1.54) is 6.07 Å². The van der Waals surface area contributed by atoms with Gasteiger partial charge in [0.05, 0.1) is 18.3 Å². The molecule has 0 heterocycles. The van der Waals surface area contributed by atoms with Crippen molar-refractivity contribution in [3.05, 3.63) is 29.6 Å². The van der Waals surface area contributed by atoms with Crippen molar-refractivity contribution in [2.24, 2.45) is 0 Å². The van der Waals surface area contributed by atoms with Crippen LogP contribution in [-0.2, 0) is 6.54 Å². The number of urea groups is 1. The molecule has 0 saturated carbocycles. The molecule has 0 spiro atoms. The van der Waals surface area contributed by atoms with E-state index in [0.29, 0.717) is 17.7 Å². The van der Waals surface area contributed by atoms with Gasteiger partial charge in [-0.3, -0.25) is 0 Å². The summed E-state index contributed by atoms with van der Waals surface area (Å²) in [6.07, 6.45) is 0.649. The van der Waals surface area contributed by atoms with Crippen molar-refractivity contribution >= 4 is 11.7 Å². The molecule has 1 rings (SSSR count). The minimum absolute atomic E-state index is 0.101. The summed E-state index contributed by atoms with van der Waals surface area (Å²) in [6, 6.07) is 4.21. The van der Waals surface area contributed by atoms with Crippen LogP contribution in [0.3, 0.4) is 0 Å². The first-order chi connectivity index (χ1) is 9.47. The maximum Gasteiger partial charge on any atom is 0.315 e. The minimum atomic E-state index is -0.372. The molecule has 0 aliphatic rings. The number of aliphatic hydroxyl groups is 1. The monoisotopic (exact) mass is 283 g/mol. The number of amides is 2. The van der Waals surface area contributed by atoms with Crippen LogP contribution in [-0.4, -0.2) is 37.9 Å². The summed E-state index contributed by atoms with van der Waals surface area (Å²) < 4.78 is 13.7. The normalized spacial score (nSPS) is 11.8. The van der Waals surface area contributed by atoms with Gasteiger partial charge in [-0.05, 0) is 24.1 Å². The molecule has 1 atom stereocenters. The molecule has 1 aromatic carbocycles. The number of nitrogens with zero attached hydrogens (tertiary/aromatic N) is 1. The third kappa shape index (κ3) is 4.70. The molecule has 0 aliphatic heterocycles. The highest BCUT2D eigenvalue weighted by Gasteiger charge is 2.09. The number of carbonyl (C=O) groups excluding carboxylic acids is 1. The Hall–Kier alpha value is -1.82. The molecule has 3 N–H and O–H groups in total. The maximum absolute atomic E-state index is 13.7. The maximum atomic E-state index is 13.7. The van der Waals surface area contributed by atoms with Crippen LogP contribution >= 0.6 is 0 Å². The van der Waals surface area contributed by atoms with Crippen molar-refractivity contribution in [2.45, 2.75) is 25.9 Å². The van der Waals surface area contributed by atoms with Gasteiger partial charge in [-0.15, -0.1) is 0 Å². The Morgan fingerprint density at radius 1 is 1.45 bits per heavy atom. The molecule has 2 amide bonds. The lowest BCUT2D eigenvalue weighted by molar-refractivity contribution is 0.214. The van der Waals surface area contributed by atoms with Gasteiger partial charge in [0.2, 0.25) is 0 Å². The Bertz CT molecular complexity index is 448. The lowest BCUT2D eigenvalue weighted by Gasteiger charge is -2.16. The summed E-state index contributed by atoms with van der Waals surface area (Å²) in [6.45, 7) is 2.00. The first-order valence-electron chi connectivity index (χ1n) is 6.58. The van der Waals surface area contributed by atoms with Gasteiger partial charge in [0, 0.05) is 20.6 Å². The molecular formula is C14H22FN3O2. The van der Waals surface area contributed by atoms with Crippen molar-refractivity contribution in [1.82, 2.24) is 10.6 Å².